The summed E-state index contributed by atoms with van der Waals surface area (Å²) >= 11 is 0. The average Bonchev–Trinajstić information content (AvgIpc) is 2.36. The summed E-state index contributed by atoms with van der Waals surface area (Å²) < 4.78 is 31.3. The van der Waals surface area contributed by atoms with Crippen molar-refractivity contribution in [1.29, 1.82) is 0 Å². The average molecular weight is 249 g/mol. The molecule has 94 valence electrons. The van der Waals surface area contributed by atoms with Gasteiger partial charge in [0, 0.05) is 12.6 Å². The quantitative estimate of drug-likeness (QED) is 0.904. The Labute approximate surface area is 104 Å². The Hall–Kier alpha value is -1.94. The summed E-state index contributed by atoms with van der Waals surface area (Å²) in [6.07, 6.45) is 0. The third-order valence-electron chi connectivity index (χ3n) is 2.49. The van der Waals surface area contributed by atoms with Crippen LogP contribution in [0.1, 0.15) is 11.1 Å². The molecule has 2 aromatic rings. The molecule has 0 fully saturated rings. The van der Waals surface area contributed by atoms with Crippen LogP contribution in [-0.4, -0.2) is 0 Å². The van der Waals surface area contributed by atoms with E-state index >= 15 is 0 Å². The highest BCUT2D eigenvalue weighted by Crippen LogP contribution is 2.15. The fourth-order valence-corrected chi connectivity index (χ4v) is 1.58. The van der Waals surface area contributed by atoms with Crippen LogP contribution in [-0.2, 0) is 13.2 Å². The van der Waals surface area contributed by atoms with Crippen molar-refractivity contribution in [3.05, 3.63) is 65.2 Å². The van der Waals surface area contributed by atoms with Gasteiger partial charge in [-0.2, -0.15) is 0 Å². The van der Waals surface area contributed by atoms with Gasteiger partial charge in [0.25, 0.3) is 0 Å². The summed E-state index contributed by atoms with van der Waals surface area (Å²) in [7, 11) is 0. The second-order valence-electron chi connectivity index (χ2n) is 3.91. The van der Waals surface area contributed by atoms with Gasteiger partial charge in [0.05, 0.1) is 0 Å². The molecule has 0 radical (unpaired) electrons. The van der Waals surface area contributed by atoms with Crippen molar-refractivity contribution in [3.8, 4) is 5.75 Å². The largest absolute Gasteiger partial charge is 0.489 e. The van der Waals surface area contributed by atoms with Crippen molar-refractivity contribution >= 4 is 0 Å². The van der Waals surface area contributed by atoms with Gasteiger partial charge in [-0.15, -0.1) is 0 Å². The highest BCUT2D eigenvalue weighted by atomic mass is 19.1. The fraction of sp³-hybridized carbons (Fsp3) is 0.143. The van der Waals surface area contributed by atoms with Crippen LogP contribution in [0.2, 0.25) is 0 Å². The van der Waals surface area contributed by atoms with E-state index in [-0.39, 0.29) is 6.61 Å². The number of benzene rings is 2. The zero-order valence-electron chi connectivity index (χ0n) is 9.70. The molecule has 0 spiro atoms. The van der Waals surface area contributed by atoms with Crippen molar-refractivity contribution in [1.82, 2.24) is 0 Å². The maximum Gasteiger partial charge on any atom is 0.126 e. The molecular weight excluding hydrogens is 236 g/mol. The maximum atomic E-state index is 12.9. The molecule has 18 heavy (non-hydrogen) atoms. The lowest BCUT2D eigenvalue weighted by molar-refractivity contribution is 0.304. The zero-order valence-corrected chi connectivity index (χ0v) is 9.70. The summed E-state index contributed by atoms with van der Waals surface area (Å²) in [5.41, 5.74) is 6.93. The van der Waals surface area contributed by atoms with Crippen LogP contribution in [0, 0.1) is 11.6 Å². The lowest BCUT2D eigenvalue weighted by Crippen LogP contribution is -1.98. The number of hydrogen-bond acceptors (Lipinski definition) is 2. The minimum absolute atomic E-state index is 0.122. The Bertz CT molecular complexity index is 506. The smallest absolute Gasteiger partial charge is 0.126 e. The summed E-state index contributed by atoms with van der Waals surface area (Å²) in [6.45, 7) is 0.589. The molecule has 0 saturated carbocycles. The zero-order chi connectivity index (χ0) is 13.0. The SMILES string of the molecule is NCc1ccc(OCc2cc(F)cc(F)c2)cc1. The minimum atomic E-state index is -0.605. The molecule has 0 bridgehead atoms. The van der Waals surface area contributed by atoms with Crippen LogP contribution in [0.5, 0.6) is 5.75 Å². The Morgan fingerprint density at radius 2 is 1.50 bits per heavy atom. The van der Waals surface area contributed by atoms with Crippen LogP contribution < -0.4 is 10.5 Å². The molecule has 2 rings (SSSR count). The van der Waals surface area contributed by atoms with Gasteiger partial charge in [-0.05, 0) is 35.4 Å². The predicted octanol–water partition coefficient (Wildman–Crippen LogP) is 3.00. The molecule has 0 saturated heterocycles. The summed E-state index contributed by atoms with van der Waals surface area (Å²) in [4.78, 5) is 0. The number of nitrogens with two attached hydrogens (primary N) is 1. The Kier molecular flexibility index (Phi) is 3.89. The lowest BCUT2D eigenvalue weighted by Gasteiger charge is -2.07. The molecule has 0 amide bonds. The van der Waals surface area contributed by atoms with E-state index in [4.69, 9.17) is 10.5 Å². The molecule has 2 aromatic carbocycles. The third kappa shape index (κ3) is 3.28. The Morgan fingerprint density at radius 1 is 0.889 bits per heavy atom. The first kappa shape index (κ1) is 12.5. The van der Waals surface area contributed by atoms with Gasteiger partial charge in [0.2, 0.25) is 0 Å². The molecule has 0 aromatic heterocycles. The highest BCUT2D eigenvalue weighted by Gasteiger charge is 2.01. The second-order valence-corrected chi connectivity index (χ2v) is 3.91. The van der Waals surface area contributed by atoms with Gasteiger partial charge >= 0.3 is 0 Å². The number of halogens is 2. The van der Waals surface area contributed by atoms with Gasteiger partial charge < -0.3 is 10.5 Å². The van der Waals surface area contributed by atoms with E-state index in [1.807, 2.05) is 12.1 Å². The van der Waals surface area contributed by atoms with Gasteiger partial charge in [-0.25, -0.2) is 8.78 Å². The molecule has 2 N–H and O–H groups in total. The van der Waals surface area contributed by atoms with Crippen molar-refractivity contribution in [2.45, 2.75) is 13.2 Å². The third-order valence-corrected chi connectivity index (χ3v) is 2.49. The fourth-order valence-electron chi connectivity index (χ4n) is 1.58. The van der Waals surface area contributed by atoms with Gasteiger partial charge in [-0.3, -0.25) is 0 Å². The van der Waals surface area contributed by atoms with Crippen LogP contribution >= 0.6 is 0 Å². The van der Waals surface area contributed by atoms with Crippen molar-refractivity contribution < 1.29 is 13.5 Å². The number of rotatable bonds is 4. The van der Waals surface area contributed by atoms with Crippen molar-refractivity contribution in [2.75, 3.05) is 0 Å². The second kappa shape index (κ2) is 5.60. The van der Waals surface area contributed by atoms with E-state index in [2.05, 4.69) is 0 Å². The summed E-state index contributed by atoms with van der Waals surface area (Å²) in [5, 5.41) is 0. The molecule has 0 heterocycles. The molecular formula is C14H13F2NO. The number of hydrogen-bond donors (Lipinski definition) is 1. The first-order chi connectivity index (χ1) is 8.67. The van der Waals surface area contributed by atoms with Crippen LogP contribution in [0.25, 0.3) is 0 Å². The first-order valence-corrected chi connectivity index (χ1v) is 5.54. The molecule has 0 aliphatic heterocycles. The van der Waals surface area contributed by atoms with E-state index in [1.54, 1.807) is 12.1 Å². The van der Waals surface area contributed by atoms with E-state index in [9.17, 15) is 8.78 Å². The maximum absolute atomic E-state index is 12.9. The Morgan fingerprint density at radius 3 is 2.06 bits per heavy atom. The standard InChI is InChI=1S/C14H13F2NO/c15-12-5-11(6-13(16)7-12)9-18-14-3-1-10(8-17)2-4-14/h1-7H,8-9,17H2. The minimum Gasteiger partial charge on any atom is -0.489 e. The van der Waals surface area contributed by atoms with E-state index < -0.39 is 11.6 Å². The highest BCUT2D eigenvalue weighted by molar-refractivity contribution is 5.27. The van der Waals surface area contributed by atoms with Gasteiger partial charge in [-0.1, -0.05) is 12.1 Å². The van der Waals surface area contributed by atoms with Gasteiger partial charge in [0.15, 0.2) is 0 Å². The summed E-state index contributed by atoms with van der Waals surface area (Å²) in [5.74, 6) is -0.573. The summed E-state index contributed by atoms with van der Waals surface area (Å²) in [6, 6.07) is 10.6. The van der Waals surface area contributed by atoms with Crippen LogP contribution in [0.3, 0.4) is 0 Å². The molecule has 0 unspecified atom stereocenters. The molecule has 0 aliphatic rings. The topological polar surface area (TPSA) is 35.2 Å². The lowest BCUT2D eigenvalue weighted by atomic mass is 10.2. The predicted molar refractivity (Wildman–Crippen MR) is 65.0 cm³/mol. The molecule has 0 aliphatic carbocycles. The van der Waals surface area contributed by atoms with Crippen LogP contribution in [0.15, 0.2) is 42.5 Å². The van der Waals surface area contributed by atoms with E-state index in [0.29, 0.717) is 17.9 Å². The van der Waals surface area contributed by atoms with Crippen LogP contribution in [0.4, 0.5) is 8.78 Å². The number of ether oxygens (including phenoxy) is 1. The van der Waals surface area contributed by atoms with Crippen molar-refractivity contribution in [3.63, 3.8) is 0 Å². The Balaban J connectivity index is 2.01. The first-order valence-electron chi connectivity index (χ1n) is 5.54. The molecule has 0 atom stereocenters. The normalized spacial score (nSPS) is 10.4. The van der Waals surface area contributed by atoms with Gasteiger partial charge in [0.1, 0.15) is 24.0 Å². The molecule has 4 heteroatoms. The molecule has 2 nitrogen and oxygen atoms in total. The van der Waals surface area contributed by atoms with E-state index in [1.165, 1.54) is 12.1 Å². The van der Waals surface area contributed by atoms with E-state index in [0.717, 1.165) is 11.6 Å². The monoisotopic (exact) mass is 249 g/mol. The van der Waals surface area contributed by atoms with Crippen molar-refractivity contribution in [2.24, 2.45) is 5.73 Å².